The van der Waals surface area contributed by atoms with Crippen LogP contribution in [0.4, 0.5) is 0 Å². The summed E-state index contributed by atoms with van der Waals surface area (Å²) in [6.45, 7) is 7.71. The first kappa shape index (κ1) is 19.2. The van der Waals surface area contributed by atoms with Gasteiger partial charge in [0.15, 0.2) is 11.8 Å². The van der Waals surface area contributed by atoms with Crippen LogP contribution < -0.4 is 15.5 Å². The first-order valence-corrected chi connectivity index (χ1v) is 9.38. The largest absolute Gasteiger partial charge is 0.463 e. The Labute approximate surface area is 159 Å². The molecule has 0 fully saturated rings. The average Bonchev–Trinajstić information content (AvgIpc) is 3.14. The first-order valence-electron chi connectivity index (χ1n) is 9.38. The van der Waals surface area contributed by atoms with Gasteiger partial charge >= 0.3 is 11.8 Å². The molecule has 0 spiro atoms. The molecule has 2 atom stereocenters. The van der Waals surface area contributed by atoms with Crippen molar-refractivity contribution >= 4 is 11.8 Å². The van der Waals surface area contributed by atoms with Crippen LogP contribution in [0.2, 0.25) is 0 Å². The Morgan fingerprint density at radius 1 is 1.11 bits per heavy atom. The third-order valence-electron chi connectivity index (χ3n) is 4.79. The van der Waals surface area contributed by atoms with E-state index in [1.807, 2.05) is 32.9 Å². The van der Waals surface area contributed by atoms with E-state index in [4.69, 9.17) is 4.42 Å². The van der Waals surface area contributed by atoms with Gasteiger partial charge in [-0.2, -0.15) is 0 Å². The Morgan fingerprint density at radius 3 is 2.52 bits per heavy atom. The lowest BCUT2D eigenvalue weighted by molar-refractivity contribution is -0.946. The van der Waals surface area contributed by atoms with Crippen LogP contribution in [0.5, 0.6) is 0 Å². The summed E-state index contributed by atoms with van der Waals surface area (Å²) in [6.07, 6.45) is 2.63. The van der Waals surface area contributed by atoms with Crippen molar-refractivity contribution in [2.24, 2.45) is 0 Å². The van der Waals surface area contributed by atoms with Crippen molar-refractivity contribution < 1.29 is 18.9 Å². The van der Waals surface area contributed by atoms with Crippen LogP contribution in [-0.2, 0) is 22.6 Å². The molecule has 2 amide bonds. The summed E-state index contributed by atoms with van der Waals surface area (Å²) in [4.78, 5) is 25.6. The van der Waals surface area contributed by atoms with Crippen LogP contribution >= 0.6 is 0 Å². The fourth-order valence-electron chi connectivity index (χ4n) is 3.51. The van der Waals surface area contributed by atoms with Gasteiger partial charge in [0.25, 0.3) is 0 Å². The Hall–Kier alpha value is -2.60. The van der Waals surface area contributed by atoms with Crippen molar-refractivity contribution in [3.63, 3.8) is 0 Å². The Balaban J connectivity index is 1.69. The maximum atomic E-state index is 12.2. The van der Waals surface area contributed by atoms with Crippen LogP contribution in [0.15, 0.2) is 47.1 Å². The smallest absolute Gasteiger partial charge is 0.309 e. The molecular formula is C21H28N3O3+. The highest BCUT2D eigenvalue weighted by Crippen LogP contribution is 2.15. The molecule has 0 aliphatic carbocycles. The van der Waals surface area contributed by atoms with Crippen molar-refractivity contribution in [1.82, 2.24) is 10.6 Å². The Morgan fingerprint density at radius 2 is 1.85 bits per heavy atom. The number of amides is 2. The third-order valence-corrected chi connectivity index (χ3v) is 4.79. The van der Waals surface area contributed by atoms with Gasteiger partial charge in [-0.05, 0) is 38.5 Å². The van der Waals surface area contributed by atoms with Gasteiger partial charge in [-0.25, -0.2) is 0 Å². The number of furan rings is 1. The summed E-state index contributed by atoms with van der Waals surface area (Å²) in [5.74, 6) is -0.404. The number of hydrogen-bond donors (Lipinski definition) is 3. The van der Waals surface area contributed by atoms with E-state index in [1.54, 1.807) is 6.26 Å². The molecule has 1 aliphatic rings. The maximum Gasteiger partial charge on any atom is 0.309 e. The van der Waals surface area contributed by atoms with E-state index in [-0.39, 0.29) is 6.04 Å². The third kappa shape index (κ3) is 4.98. The van der Waals surface area contributed by atoms with Crippen molar-refractivity contribution in [3.05, 3.63) is 59.5 Å². The number of carbonyl (C=O) groups is 2. The van der Waals surface area contributed by atoms with Gasteiger partial charge in [-0.15, -0.1) is 0 Å². The predicted molar refractivity (Wildman–Crippen MR) is 102 cm³/mol. The SMILES string of the molecule is CC(C)(C)NC(=O)C(=O)NC[C@@H](c1ccco1)[NH+]1CCc2ccccc2C1. The van der Waals surface area contributed by atoms with E-state index < -0.39 is 17.4 Å². The van der Waals surface area contributed by atoms with E-state index in [9.17, 15) is 9.59 Å². The van der Waals surface area contributed by atoms with Crippen LogP contribution in [0.1, 0.15) is 43.7 Å². The second-order valence-electron chi connectivity index (χ2n) is 8.09. The van der Waals surface area contributed by atoms with Crippen LogP contribution in [0.25, 0.3) is 0 Å². The summed E-state index contributed by atoms with van der Waals surface area (Å²) >= 11 is 0. The minimum atomic E-state index is -0.613. The lowest BCUT2D eigenvalue weighted by atomic mass is 9.98. The van der Waals surface area contributed by atoms with Crippen molar-refractivity contribution in [3.8, 4) is 0 Å². The number of benzene rings is 1. The number of nitrogens with one attached hydrogen (secondary N) is 3. The first-order chi connectivity index (χ1) is 12.8. The molecule has 2 aromatic rings. The van der Waals surface area contributed by atoms with Gasteiger partial charge in [0.2, 0.25) is 0 Å². The van der Waals surface area contributed by atoms with E-state index in [2.05, 4.69) is 34.9 Å². The number of fused-ring (bicyclic) bond motifs is 1. The van der Waals surface area contributed by atoms with Crippen molar-refractivity contribution in [1.29, 1.82) is 0 Å². The lowest BCUT2D eigenvalue weighted by Crippen LogP contribution is -3.12. The van der Waals surface area contributed by atoms with E-state index in [1.165, 1.54) is 16.0 Å². The summed E-state index contributed by atoms with van der Waals surface area (Å²) in [5.41, 5.74) is 2.26. The van der Waals surface area contributed by atoms with Crippen LogP contribution in [0, 0.1) is 0 Å². The molecule has 1 aromatic carbocycles. The fourth-order valence-corrected chi connectivity index (χ4v) is 3.51. The van der Waals surface area contributed by atoms with E-state index in [0.717, 1.165) is 25.3 Å². The normalized spacial score (nSPS) is 17.7. The molecule has 0 saturated heterocycles. The number of rotatable bonds is 4. The highest BCUT2D eigenvalue weighted by Gasteiger charge is 2.31. The molecular weight excluding hydrogens is 342 g/mol. The molecule has 1 aromatic heterocycles. The minimum absolute atomic E-state index is 0.0419. The monoisotopic (exact) mass is 370 g/mol. The summed E-state index contributed by atoms with van der Waals surface area (Å²) in [7, 11) is 0. The van der Waals surface area contributed by atoms with Crippen molar-refractivity contribution in [2.45, 2.75) is 45.3 Å². The van der Waals surface area contributed by atoms with Crippen LogP contribution in [-0.4, -0.2) is 30.4 Å². The maximum absolute atomic E-state index is 12.2. The molecule has 6 nitrogen and oxygen atoms in total. The molecule has 2 heterocycles. The molecule has 1 aliphatic heterocycles. The second kappa shape index (κ2) is 7.96. The summed E-state index contributed by atoms with van der Waals surface area (Å²) in [6, 6.07) is 12.2. The lowest BCUT2D eigenvalue weighted by Gasteiger charge is -2.31. The molecule has 0 bridgehead atoms. The molecule has 0 radical (unpaired) electrons. The zero-order valence-corrected chi connectivity index (χ0v) is 16.2. The van der Waals surface area contributed by atoms with Crippen LogP contribution in [0.3, 0.4) is 0 Å². The molecule has 0 saturated carbocycles. The van der Waals surface area contributed by atoms with Gasteiger partial charge < -0.3 is 20.0 Å². The molecule has 27 heavy (non-hydrogen) atoms. The van der Waals surface area contributed by atoms with Gasteiger partial charge in [-0.1, -0.05) is 24.3 Å². The second-order valence-corrected chi connectivity index (χ2v) is 8.09. The zero-order valence-electron chi connectivity index (χ0n) is 16.2. The Bertz CT molecular complexity index is 793. The predicted octanol–water partition coefficient (Wildman–Crippen LogP) is 0.993. The van der Waals surface area contributed by atoms with E-state index in [0.29, 0.717) is 6.54 Å². The molecule has 3 rings (SSSR count). The van der Waals surface area contributed by atoms with E-state index >= 15 is 0 Å². The molecule has 144 valence electrons. The standard InChI is InChI=1S/C21H27N3O3/c1-21(2,3)23-20(26)19(25)22-13-17(18-9-6-12-27-18)24-11-10-15-7-4-5-8-16(15)14-24/h4-9,12,17H,10-11,13-14H2,1-3H3,(H,22,25)(H,23,26)/p+1/t17-/m0/s1. The fraction of sp³-hybridized carbons (Fsp3) is 0.429. The number of hydrogen-bond acceptors (Lipinski definition) is 3. The van der Waals surface area contributed by atoms with Gasteiger partial charge in [-0.3, -0.25) is 9.59 Å². The van der Waals surface area contributed by atoms with Crippen molar-refractivity contribution in [2.75, 3.05) is 13.1 Å². The quantitative estimate of drug-likeness (QED) is 0.703. The van der Waals surface area contributed by atoms with Gasteiger partial charge in [0.1, 0.15) is 6.54 Å². The molecule has 1 unspecified atom stereocenters. The number of quaternary nitrogens is 1. The topological polar surface area (TPSA) is 75.8 Å². The highest BCUT2D eigenvalue weighted by atomic mass is 16.3. The average molecular weight is 370 g/mol. The highest BCUT2D eigenvalue weighted by molar-refractivity contribution is 6.35. The van der Waals surface area contributed by atoms with Gasteiger partial charge in [0, 0.05) is 17.5 Å². The molecule has 3 N–H and O–H groups in total. The summed E-state index contributed by atoms with van der Waals surface area (Å²) in [5, 5.41) is 5.47. The number of carbonyl (C=O) groups excluding carboxylic acids is 2. The Kier molecular flexibility index (Phi) is 5.65. The zero-order chi connectivity index (χ0) is 19.4. The van der Waals surface area contributed by atoms with Gasteiger partial charge in [0.05, 0.1) is 19.4 Å². The molecule has 6 heteroatoms. The summed E-state index contributed by atoms with van der Waals surface area (Å²) < 4.78 is 5.64. The minimum Gasteiger partial charge on any atom is -0.463 e.